The molecule has 1 unspecified atom stereocenters. The van der Waals surface area contributed by atoms with Gasteiger partial charge >= 0.3 is 5.97 Å². The first-order chi connectivity index (χ1) is 24.4. The largest absolute Gasteiger partial charge is 0.488 e. The van der Waals surface area contributed by atoms with Gasteiger partial charge in [0.25, 0.3) is 11.8 Å². The Morgan fingerprint density at radius 2 is 1.28 bits per heavy atom. The van der Waals surface area contributed by atoms with Gasteiger partial charge < -0.3 is 14.7 Å². The molecule has 1 atom stereocenters. The second-order valence-corrected chi connectivity index (χ2v) is 13.4. The number of thiocarbonyl (C=S) groups is 1. The molecule has 0 saturated carbocycles. The Morgan fingerprint density at radius 1 is 0.760 bits per heavy atom. The van der Waals surface area contributed by atoms with E-state index in [9.17, 15) is 19.5 Å². The van der Waals surface area contributed by atoms with Gasteiger partial charge in [0.15, 0.2) is 0 Å². The van der Waals surface area contributed by atoms with Gasteiger partial charge in [0, 0.05) is 19.5 Å². The standard InChI is InChI=1S/C41H34N2O5S2/c44-38(42(26-30-15-7-2-8-16-30)27-31-17-9-3-10-18-31)34-23-33(21-22-36(34)48-28-32-19-11-4-12-20-32)25-37-39(45)43(41(49)50-37)35(40(46)47)24-29-13-5-1-6-14-29/h1-23,25,35H,24,26-28H2,(H,46,47)/b37-25-. The highest BCUT2D eigenvalue weighted by molar-refractivity contribution is 8.26. The Bertz CT molecular complexity index is 1960. The van der Waals surface area contributed by atoms with Gasteiger partial charge in [0.1, 0.15) is 22.7 Å². The molecule has 5 aromatic rings. The molecule has 1 fully saturated rings. The van der Waals surface area contributed by atoms with Crippen LogP contribution in [0.15, 0.2) is 144 Å². The average molecular weight is 699 g/mol. The monoisotopic (exact) mass is 698 g/mol. The topological polar surface area (TPSA) is 87.1 Å². The summed E-state index contributed by atoms with van der Waals surface area (Å²) < 4.78 is 6.42. The van der Waals surface area contributed by atoms with Crippen LogP contribution in [-0.4, -0.2) is 43.1 Å². The number of aliphatic carboxylic acids is 1. The van der Waals surface area contributed by atoms with E-state index in [4.69, 9.17) is 17.0 Å². The van der Waals surface area contributed by atoms with E-state index in [1.807, 2.05) is 121 Å². The van der Waals surface area contributed by atoms with Crippen molar-refractivity contribution in [2.45, 2.75) is 32.2 Å². The lowest BCUT2D eigenvalue weighted by Gasteiger charge is -2.25. The Hall–Kier alpha value is -5.51. The Kier molecular flexibility index (Phi) is 11.2. The number of carboxylic acid groups (broad SMARTS) is 1. The van der Waals surface area contributed by atoms with Gasteiger partial charge in [0.05, 0.1) is 10.5 Å². The molecular formula is C41H34N2O5S2. The molecule has 0 aromatic heterocycles. The molecule has 9 heteroatoms. The summed E-state index contributed by atoms with van der Waals surface area (Å²) in [6.07, 6.45) is 1.76. The van der Waals surface area contributed by atoms with Crippen LogP contribution in [0.3, 0.4) is 0 Å². The molecule has 250 valence electrons. The van der Waals surface area contributed by atoms with E-state index in [1.165, 1.54) is 4.90 Å². The third kappa shape index (κ3) is 8.55. The summed E-state index contributed by atoms with van der Waals surface area (Å²) in [5.74, 6) is -1.47. The van der Waals surface area contributed by atoms with Crippen LogP contribution in [-0.2, 0) is 35.7 Å². The summed E-state index contributed by atoms with van der Waals surface area (Å²) in [5.41, 5.74) is 4.61. The molecule has 1 saturated heterocycles. The molecule has 1 N–H and O–H groups in total. The number of thioether (sulfide) groups is 1. The first-order valence-corrected chi connectivity index (χ1v) is 17.3. The normalized spacial score (nSPS) is 14.1. The molecule has 1 aliphatic heterocycles. The van der Waals surface area contributed by atoms with Crippen molar-refractivity contribution in [1.29, 1.82) is 0 Å². The van der Waals surface area contributed by atoms with Gasteiger partial charge in [0.2, 0.25) is 0 Å². The fourth-order valence-corrected chi connectivity index (χ4v) is 7.03. The van der Waals surface area contributed by atoms with Gasteiger partial charge in [-0.1, -0.05) is 151 Å². The Morgan fingerprint density at radius 3 is 1.82 bits per heavy atom. The van der Waals surface area contributed by atoms with E-state index >= 15 is 0 Å². The summed E-state index contributed by atoms with van der Waals surface area (Å²) in [6, 6.07) is 42.5. The van der Waals surface area contributed by atoms with Crippen molar-refractivity contribution in [2.24, 2.45) is 0 Å². The van der Waals surface area contributed by atoms with Crippen molar-refractivity contribution < 1.29 is 24.2 Å². The van der Waals surface area contributed by atoms with Gasteiger partial charge in [-0.05, 0) is 46.0 Å². The van der Waals surface area contributed by atoms with E-state index in [0.717, 1.165) is 34.0 Å². The summed E-state index contributed by atoms with van der Waals surface area (Å²) >= 11 is 6.58. The lowest BCUT2D eigenvalue weighted by molar-refractivity contribution is -0.145. The van der Waals surface area contributed by atoms with E-state index in [0.29, 0.717) is 30.0 Å². The summed E-state index contributed by atoms with van der Waals surface area (Å²) in [5, 5.41) is 10.1. The lowest BCUT2D eigenvalue weighted by atomic mass is 10.0. The predicted molar refractivity (Wildman–Crippen MR) is 200 cm³/mol. The predicted octanol–water partition coefficient (Wildman–Crippen LogP) is 8.01. The average Bonchev–Trinajstić information content (AvgIpc) is 3.42. The third-order valence-electron chi connectivity index (χ3n) is 8.18. The molecule has 0 spiro atoms. The maximum Gasteiger partial charge on any atom is 0.327 e. The number of rotatable bonds is 13. The van der Waals surface area contributed by atoms with Crippen molar-refractivity contribution in [3.8, 4) is 5.75 Å². The number of ether oxygens (including phenoxy) is 1. The minimum absolute atomic E-state index is 0.112. The highest BCUT2D eigenvalue weighted by Gasteiger charge is 2.40. The SMILES string of the molecule is O=C(O)C(Cc1ccccc1)N1C(=O)/C(=C/c2ccc(OCc3ccccc3)c(C(=O)N(Cc3ccccc3)Cc3ccccc3)c2)SC1=S. The van der Waals surface area contributed by atoms with Crippen molar-refractivity contribution in [3.63, 3.8) is 0 Å². The molecule has 0 bridgehead atoms. The molecule has 1 aliphatic rings. The molecule has 7 nitrogen and oxygen atoms in total. The number of hydrogen-bond donors (Lipinski definition) is 1. The zero-order valence-corrected chi connectivity index (χ0v) is 28.7. The Balaban J connectivity index is 1.33. The number of amides is 2. The number of nitrogens with zero attached hydrogens (tertiary/aromatic N) is 2. The maximum atomic E-state index is 14.5. The zero-order valence-electron chi connectivity index (χ0n) is 27.1. The van der Waals surface area contributed by atoms with Crippen LogP contribution in [0.2, 0.25) is 0 Å². The molecule has 0 radical (unpaired) electrons. The van der Waals surface area contributed by atoms with Crippen LogP contribution in [0.25, 0.3) is 6.08 Å². The number of carbonyl (C=O) groups excluding carboxylic acids is 2. The zero-order chi connectivity index (χ0) is 34.9. The highest BCUT2D eigenvalue weighted by atomic mass is 32.2. The smallest absolute Gasteiger partial charge is 0.327 e. The minimum Gasteiger partial charge on any atom is -0.488 e. The molecule has 0 aliphatic carbocycles. The molecule has 50 heavy (non-hydrogen) atoms. The van der Waals surface area contributed by atoms with Crippen LogP contribution >= 0.6 is 24.0 Å². The van der Waals surface area contributed by atoms with E-state index in [1.54, 1.807) is 29.2 Å². The molecular weight excluding hydrogens is 665 g/mol. The minimum atomic E-state index is -1.16. The highest BCUT2D eigenvalue weighted by Crippen LogP contribution is 2.36. The van der Waals surface area contributed by atoms with Gasteiger partial charge in [-0.15, -0.1) is 0 Å². The van der Waals surface area contributed by atoms with Crippen LogP contribution in [0.4, 0.5) is 0 Å². The van der Waals surface area contributed by atoms with Crippen LogP contribution in [0.1, 0.15) is 38.2 Å². The van der Waals surface area contributed by atoms with E-state index in [2.05, 4.69) is 0 Å². The number of carbonyl (C=O) groups is 3. The fraction of sp³-hybridized carbons (Fsp3) is 0.122. The van der Waals surface area contributed by atoms with Crippen LogP contribution in [0, 0.1) is 0 Å². The quantitative estimate of drug-likeness (QED) is 0.0985. The van der Waals surface area contributed by atoms with Crippen molar-refractivity contribution in [1.82, 2.24) is 9.80 Å². The van der Waals surface area contributed by atoms with Crippen molar-refractivity contribution in [2.75, 3.05) is 0 Å². The molecule has 1 heterocycles. The molecule has 2 amide bonds. The number of hydrogen-bond acceptors (Lipinski definition) is 6. The van der Waals surface area contributed by atoms with Crippen LogP contribution in [0.5, 0.6) is 5.75 Å². The Labute approximate surface area is 300 Å². The van der Waals surface area contributed by atoms with E-state index in [-0.39, 0.29) is 28.2 Å². The summed E-state index contributed by atoms with van der Waals surface area (Å²) in [4.78, 5) is 43.8. The second-order valence-electron chi connectivity index (χ2n) is 11.8. The molecule has 6 rings (SSSR count). The van der Waals surface area contributed by atoms with E-state index < -0.39 is 17.9 Å². The maximum absolute atomic E-state index is 14.5. The first kappa shape index (κ1) is 34.4. The van der Waals surface area contributed by atoms with Gasteiger partial charge in [-0.3, -0.25) is 14.5 Å². The van der Waals surface area contributed by atoms with Crippen molar-refractivity contribution in [3.05, 3.63) is 178 Å². The van der Waals surface area contributed by atoms with Crippen LogP contribution < -0.4 is 4.74 Å². The first-order valence-electron chi connectivity index (χ1n) is 16.1. The van der Waals surface area contributed by atoms with Crippen molar-refractivity contribution >= 4 is 52.2 Å². The number of benzene rings is 5. The summed E-state index contributed by atoms with van der Waals surface area (Å²) in [7, 11) is 0. The lowest BCUT2D eigenvalue weighted by Crippen LogP contribution is -2.45. The fourth-order valence-electron chi connectivity index (χ4n) is 5.67. The third-order valence-corrected chi connectivity index (χ3v) is 9.51. The summed E-state index contributed by atoms with van der Waals surface area (Å²) in [6.45, 7) is 0.996. The van der Waals surface area contributed by atoms with Gasteiger partial charge in [-0.25, -0.2) is 4.79 Å². The van der Waals surface area contributed by atoms with Gasteiger partial charge in [-0.2, -0.15) is 0 Å². The molecule has 5 aromatic carbocycles. The second kappa shape index (κ2) is 16.3. The number of carboxylic acids is 1.